The Morgan fingerprint density at radius 1 is 1.41 bits per heavy atom. The Morgan fingerprint density at radius 3 is 2.82 bits per heavy atom. The number of nitrogens with zero attached hydrogens (tertiary/aromatic N) is 2. The van der Waals surface area contributed by atoms with Crippen LogP contribution in [0.25, 0.3) is 0 Å². The minimum Gasteiger partial charge on any atom is -0.381 e. The van der Waals surface area contributed by atoms with E-state index in [-0.39, 0.29) is 0 Å². The van der Waals surface area contributed by atoms with Crippen LogP contribution in [0.1, 0.15) is 37.4 Å². The fraction of sp³-hybridized carbons (Fsp3) is 0.769. The van der Waals surface area contributed by atoms with Crippen LogP contribution in [0.2, 0.25) is 0 Å². The van der Waals surface area contributed by atoms with Crippen LogP contribution in [0.4, 0.5) is 0 Å². The van der Waals surface area contributed by atoms with E-state index in [4.69, 9.17) is 4.74 Å². The van der Waals surface area contributed by atoms with E-state index in [1.807, 2.05) is 12.5 Å². The van der Waals surface area contributed by atoms with E-state index in [0.29, 0.717) is 12.0 Å². The molecule has 1 unspecified atom stereocenters. The molecule has 0 spiro atoms. The fourth-order valence-corrected chi connectivity index (χ4v) is 2.89. The van der Waals surface area contributed by atoms with Gasteiger partial charge in [-0.1, -0.05) is 0 Å². The topological polar surface area (TPSA) is 39.1 Å². The van der Waals surface area contributed by atoms with Crippen LogP contribution < -0.4 is 5.32 Å². The summed E-state index contributed by atoms with van der Waals surface area (Å²) in [6.07, 6.45) is 6.42. The molecule has 94 valence electrons. The van der Waals surface area contributed by atoms with Crippen molar-refractivity contribution >= 4 is 0 Å². The van der Waals surface area contributed by atoms with Gasteiger partial charge in [-0.2, -0.15) is 0 Å². The lowest BCUT2D eigenvalue weighted by Crippen LogP contribution is -2.41. The van der Waals surface area contributed by atoms with Crippen molar-refractivity contribution < 1.29 is 4.74 Å². The molecule has 0 radical (unpaired) electrons. The molecule has 0 amide bonds. The smallest absolute Gasteiger partial charge is 0.0950 e. The quantitative estimate of drug-likeness (QED) is 0.864. The van der Waals surface area contributed by atoms with E-state index < -0.39 is 0 Å². The highest BCUT2D eigenvalue weighted by molar-refractivity contribution is 5.12. The Labute approximate surface area is 102 Å². The second-order valence-electron chi connectivity index (χ2n) is 5.27. The summed E-state index contributed by atoms with van der Waals surface area (Å²) in [5.74, 6) is 1.41. The zero-order valence-corrected chi connectivity index (χ0v) is 10.4. The monoisotopic (exact) mass is 235 g/mol. The molecule has 0 saturated carbocycles. The molecular weight excluding hydrogens is 214 g/mol. The fourth-order valence-electron chi connectivity index (χ4n) is 2.89. The average molecular weight is 235 g/mol. The van der Waals surface area contributed by atoms with Crippen molar-refractivity contribution in [3.05, 3.63) is 18.2 Å². The minimum atomic E-state index is 0.553. The lowest BCUT2D eigenvalue weighted by molar-refractivity contribution is 0.0507. The van der Waals surface area contributed by atoms with Crippen molar-refractivity contribution in [2.24, 2.45) is 5.92 Å². The van der Waals surface area contributed by atoms with Crippen molar-refractivity contribution in [2.45, 2.75) is 31.7 Å². The summed E-state index contributed by atoms with van der Waals surface area (Å²) < 4.78 is 7.83. The van der Waals surface area contributed by atoms with Crippen LogP contribution in [0.15, 0.2) is 12.5 Å². The molecule has 4 nitrogen and oxygen atoms in total. The largest absolute Gasteiger partial charge is 0.381 e. The molecule has 2 aliphatic heterocycles. The van der Waals surface area contributed by atoms with Gasteiger partial charge in [0.25, 0.3) is 0 Å². The summed E-state index contributed by atoms with van der Waals surface area (Å²) in [4.78, 5) is 4.34. The number of hydrogen-bond acceptors (Lipinski definition) is 3. The Bertz CT molecular complexity index is 366. The number of imidazole rings is 1. The van der Waals surface area contributed by atoms with Crippen LogP contribution in [0.3, 0.4) is 0 Å². The van der Waals surface area contributed by atoms with E-state index in [1.54, 1.807) is 0 Å². The second-order valence-corrected chi connectivity index (χ2v) is 5.27. The van der Waals surface area contributed by atoms with Crippen LogP contribution in [0.5, 0.6) is 0 Å². The number of hydrogen-bond donors (Lipinski definition) is 1. The summed E-state index contributed by atoms with van der Waals surface area (Å²) in [6.45, 7) is 6.37. The van der Waals surface area contributed by atoms with E-state index in [1.165, 1.54) is 18.5 Å². The van der Waals surface area contributed by atoms with Gasteiger partial charge in [-0.25, -0.2) is 4.98 Å². The Morgan fingerprint density at radius 2 is 2.18 bits per heavy atom. The van der Waals surface area contributed by atoms with Crippen LogP contribution in [0, 0.1) is 5.92 Å². The highest BCUT2D eigenvalue weighted by atomic mass is 16.5. The van der Waals surface area contributed by atoms with Gasteiger partial charge in [-0.05, 0) is 25.7 Å². The van der Waals surface area contributed by atoms with Gasteiger partial charge in [0, 0.05) is 50.2 Å². The lowest BCUT2D eigenvalue weighted by atomic mass is 9.91. The molecule has 17 heavy (non-hydrogen) atoms. The third-order valence-corrected chi connectivity index (χ3v) is 4.28. The van der Waals surface area contributed by atoms with Gasteiger partial charge in [0.1, 0.15) is 0 Å². The molecule has 0 aromatic carbocycles. The van der Waals surface area contributed by atoms with Gasteiger partial charge in [0.2, 0.25) is 0 Å². The Balaban J connectivity index is 1.75. The molecule has 3 heterocycles. The van der Waals surface area contributed by atoms with Gasteiger partial charge in [0.15, 0.2) is 0 Å². The van der Waals surface area contributed by atoms with Gasteiger partial charge in [0.05, 0.1) is 6.33 Å². The normalized spacial score (nSPS) is 24.5. The maximum atomic E-state index is 5.44. The first kappa shape index (κ1) is 11.2. The molecule has 2 saturated heterocycles. The molecule has 3 rings (SSSR count). The predicted octanol–water partition coefficient (Wildman–Crippen LogP) is 1.56. The van der Waals surface area contributed by atoms with Crippen molar-refractivity contribution in [2.75, 3.05) is 26.3 Å². The summed E-state index contributed by atoms with van der Waals surface area (Å²) in [5, 5.41) is 3.33. The third-order valence-electron chi connectivity index (χ3n) is 4.28. The van der Waals surface area contributed by atoms with Gasteiger partial charge < -0.3 is 14.6 Å². The minimum absolute atomic E-state index is 0.553. The third kappa shape index (κ3) is 2.11. The highest BCUT2D eigenvalue weighted by Crippen LogP contribution is 2.31. The lowest BCUT2D eigenvalue weighted by Gasteiger charge is -2.33. The molecule has 1 atom stereocenters. The number of rotatable bonds is 3. The summed E-state index contributed by atoms with van der Waals surface area (Å²) >= 11 is 0. The second kappa shape index (κ2) is 4.78. The van der Waals surface area contributed by atoms with Crippen LogP contribution in [-0.2, 0) is 4.74 Å². The molecule has 1 aromatic heterocycles. The van der Waals surface area contributed by atoms with Crippen molar-refractivity contribution in [1.29, 1.82) is 0 Å². The van der Waals surface area contributed by atoms with E-state index in [2.05, 4.69) is 21.8 Å². The zero-order valence-electron chi connectivity index (χ0n) is 10.4. The van der Waals surface area contributed by atoms with E-state index >= 15 is 0 Å². The highest BCUT2D eigenvalue weighted by Gasteiger charge is 2.27. The first-order valence-electron chi connectivity index (χ1n) is 6.66. The molecule has 2 aliphatic rings. The van der Waals surface area contributed by atoms with Crippen molar-refractivity contribution in [1.82, 2.24) is 14.9 Å². The van der Waals surface area contributed by atoms with E-state index in [0.717, 1.165) is 32.2 Å². The Kier molecular flexibility index (Phi) is 3.16. The molecule has 0 bridgehead atoms. The summed E-state index contributed by atoms with van der Waals surface area (Å²) in [7, 11) is 0. The van der Waals surface area contributed by atoms with Crippen molar-refractivity contribution in [3.63, 3.8) is 0 Å². The first-order chi connectivity index (χ1) is 8.36. The molecule has 0 aliphatic carbocycles. The number of ether oxygens (including phenoxy) is 1. The van der Waals surface area contributed by atoms with Crippen molar-refractivity contribution in [3.8, 4) is 0 Å². The summed E-state index contributed by atoms with van der Waals surface area (Å²) in [5.41, 5.74) is 1.41. The van der Waals surface area contributed by atoms with Crippen LogP contribution >= 0.6 is 0 Å². The maximum absolute atomic E-state index is 5.44. The number of nitrogens with one attached hydrogen (secondary N) is 1. The molecule has 1 N–H and O–H groups in total. The van der Waals surface area contributed by atoms with Gasteiger partial charge >= 0.3 is 0 Å². The van der Waals surface area contributed by atoms with E-state index in [9.17, 15) is 0 Å². The maximum Gasteiger partial charge on any atom is 0.0950 e. The molecular formula is C13H21N3O. The predicted molar refractivity (Wildman–Crippen MR) is 66.1 cm³/mol. The summed E-state index contributed by atoms with van der Waals surface area (Å²) in [6, 6.07) is 0.553. The standard InChI is InChI=1S/C13H21N3O/c1-10(11-2-4-17-5-3-11)16-9-15-8-13(16)12-6-14-7-12/h8-12,14H,2-7H2,1H3. The van der Waals surface area contributed by atoms with Crippen LogP contribution in [-0.4, -0.2) is 35.9 Å². The molecule has 1 aromatic rings. The SMILES string of the molecule is CC(C1CCOCC1)n1cncc1C1CNC1. The molecule has 2 fully saturated rings. The molecule has 4 heteroatoms. The van der Waals surface area contributed by atoms with Gasteiger partial charge in [-0.15, -0.1) is 0 Å². The number of aromatic nitrogens is 2. The zero-order chi connectivity index (χ0) is 11.7. The van der Waals surface area contributed by atoms with Gasteiger partial charge in [-0.3, -0.25) is 0 Å². The Hall–Kier alpha value is -0.870. The first-order valence-corrected chi connectivity index (χ1v) is 6.66. The average Bonchev–Trinajstić information content (AvgIpc) is 2.76.